The molecule has 1 aromatic rings. The van der Waals surface area contributed by atoms with Gasteiger partial charge in [0.2, 0.25) is 5.91 Å². The van der Waals surface area contributed by atoms with Crippen LogP contribution < -0.4 is 15.8 Å². The molecule has 0 unspecified atom stereocenters. The van der Waals surface area contributed by atoms with Crippen molar-refractivity contribution in [3.8, 4) is 5.75 Å². The summed E-state index contributed by atoms with van der Waals surface area (Å²) in [6.45, 7) is 4.83. The largest absolute Gasteiger partial charge is 0.494 e. The lowest BCUT2D eigenvalue weighted by molar-refractivity contribution is -0.130. The average molecular weight is 375 g/mol. The van der Waals surface area contributed by atoms with Crippen molar-refractivity contribution >= 4 is 11.8 Å². The lowest BCUT2D eigenvalue weighted by atomic mass is 9.89. The number of nitrogens with zero attached hydrogens (tertiary/aromatic N) is 1. The highest BCUT2D eigenvalue weighted by molar-refractivity contribution is 5.94. The second kappa shape index (κ2) is 8.71. The molecule has 2 aliphatic rings. The summed E-state index contributed by atoms with van der Waals surface area (Å²) in [6, 6.07) is 7.29. The molecule has 0 radical (unpaired) electrons. The Morgan fingerprint density at radius 3 is 2.44 bits per heavy atom. The molecule has 2 amide bonds. The Kier molecular flexibility index (Phi) is 6.34. The van der Waals surface area contributed by atoms with Crippen LogP contribution in [-0.2, 0) is 9.53 Å². The van der Waals surface area contributed by atoms with Crippen LogP contribution in [0.2, 0.25) is 0 Å². The highest BCUT2D eigenvalue weighted by atomic mass is 16.5. The molecule has 27 heavy (non-hydrogen) atoms. The van der Waals surface area contributed by atoms with Crippen molar-refractivity contribution in [2.75, 3.05) is 32.9 Å². The number of benzene rings is 1. The molecule has 0 saturated carbocycles. The maximum Gasteiger partial charge on any atom is 0.253 e. The van der Waals surface area contributed by atoms with Gasteiger partial charge in [-0.05, 0) is 56.9 Å². The predicted octanol–water partition coefficient (Wildman–Crippen LogP) is 1.31. The minimum atomic E-state index is -0.826. The fourth-order valence-corrected chi connectivity index (χ4v) is 3.56. The van der Waals surface area contributed by atoms with Gasteiger partial charge in [0.15, 0.2) is 0 Å². The fourth-order valence-electron chi connectivity index (χ4n) is 3.56. The molecule has 1 aromatic carbocycles. The molecule has 148 valence electrons. The number of hydrogen-bond donors (Lipinski definition) is 2. The second-order valence-electron chi connectivity index (χ2n) is 7.27. The quantitative estimate of drug-likeness (QED) is 0.809. The van der Waals surface area contributed by atoms with Gasteiger partial charge in [0.25, 0.3) is 5.91 Å². The third-order valence-corrected chi connectivity index (χ3v) is 5.37. The van der Waals surface area contributed by atoms with Crippen LogP contribution in [0, 0.1) is 0 Å². The number of piperidine rings is 1. The summed E-state index contributed by atoms with van der Waals surface area (Å²) < 4.78 is 10.7. The van der Waals surface area contributed by atoms with Gasteiger partial charge in [0.1, 0.15) is 5.75 Å². The normalized spacial score (nSPS) is 20.1. The number of hydrogen-bond acceptors (Lipinski definition) is 5. The molecule has 7 nitrogen and oxygen atoms in total. The third-order valence-electron chi connectivity index (χ3n) is 5.37. The second-order valence-corrected chi connectivity index (χ2v) is 7.27. The van der Waals surface area contributed by atoms with Crippen molar-refractivity contribution in [3.05, 3.63) is 29.8 Å². The molecule has 7 heteroatoms. The minimum absolute atomic E-state index is 0.0162. The molecule has 2 heterocycles. The van der Waals surface area contributed by atoms with E-state index in [0.29, 0.717) is 51.3 Å². The number of amides is 2. The van der Waals surface area contributed by atoms with E-state index in [1.54, 1.807) is 12.1 Å². The molecular weight excluding hydrogens is 346 g/mol. The zero-order chi connectivity index (χ0) is 19.3. The Morgan fingerprint density at radius 2 is 1.85 bits per heavy atom. The Morgan fingerprint density at radius 1 is 1.22 bits per heavy atom. The number of ether oxygens (including phenoxy) is 2. The van der Waals surface area contributed by atoms with Crippen molar-refractivity contribution < 1.29 is 19.1 Å². The maximum atomic E-state index is 12.7. The van der Waals surface area contributed by atoms with Crippen LogP contribution in [0.25, 0.3) is 0 Å². The predicted molar refractivity (Wildman–Crippen MR) is 102 cm³/mol. The first-order valence-corrected chi connectivity index (χ1v) is 9.71. The maximum absolute atomic E-state index is 12.7. The Balaban J connectivity index is 1.49. The molecule has 0 spiro atoms. The minimum Gasteiger partial charge on any atom is -0.494 e. The summed E-state index contributed by atoms with van der Waals surface area (Å²) in [5, 5.41) is 3.08. The number of carbonyl (C=O) groups excluding carboxylic acids is 2. The molecular formula is C20H29N3O4. The highest BCUT2D eigenvalue weighted by Crippen LogP contribution is 2.20. The van der Waals surface area contributed by atoms with Crippen LogP contribution in [0.5, 0.6) is 5.75 Å². The van der Waals surface area contributed by atoms with Gasteiger partial charge >= 0.3 is 0 Å². The number of likely N-dealkylation sites (tertiary alicyclic amines) is 1. The fraction of sp³-hybridized carbons (Fsp3) is 0.600. The SMILES string of the molecule is CCOc1ccc(C(=O)N2CCC(NC(=O)C3(N)CCOCC3)CC2)cc1. The lowest BCUT2D eigenvalue weighted by Crippen LogP contribution is -2.59. The van der Waals surface area contributed by atoms with Crippen LogP contribution in [0.3, 0.4) is 0 Å². The van der Waals surface area contributed by atoms with Gasteiger partial charge in [-0.25, -0.2) is 0 Å². The number of nitrogens with two attached hydrogens (primary N) is 1. The van der Waals surface area contributed by atoms with Crippen LogP contribution >= 0.6 is 0 Å². The first-order valence-electron chi connectivity index (χ1n) is 9.71. The summed E-state index contributed by atoms with van der Waals surface area (Å²) in [5.74, 6) is 0.684. The highest BCUT2D eigenvalue weighted by Gasteiger charge is 2.37. The van der Waals surface area contributed by atoms with Gasteiger partial charge in [-0.3, -0.25) is 9.59 Å². The standard InChI is InChI=1S/C20H29N3O4/c1-2-27-17-5-3-15(4-6-17)18(24)23-11-7-16(8-12-23)22-19(25)20(21)9-13-26-14-10-20/h3-6,16H,2,7-14,21H2,1H3,(H,22,25). The molecule has 2 aliphatic heterocycles. The van der Waals surface area contributed by atoms with Crippen molar-refractivity contribution in [1.82, 2.24) is 10.2 Å². The summed E-state index contributed by atoms with van der Waals surface area (Å²) in [4.78, 5) is 27.0. The number of nitrogens with one attached hydrogen (secondary N) is 1. The smallest absolute Gasteiger partial charge is 0.253 e. The monoisotopic (exact) mass is 375 g/mol. The molecule has 0 aromatic heterocycles. The van der Waals surface area contributed by atoms with E-state index >= 15 is 0 Å². The van der Waals surface area contributed by atoms with E-state index < -0.39 is 5.54 Å². The summed E-state index contributed by atoms with van der Waals surface area (Å²) in [5.41, 5.74) is 6.07. The number of rotatable bonds is 5. The molecule has 2 saturated heterocycles. The van der Waals surface area contributed by atoms with E-state index in [1.807, 2.05) is 24.0 Å². The average Bonchev–Trinajstić information content (AvgIpc) is 2.69. The number of carbonyl (C=O) groups is 2. The Labute approximate surface area is 160 Å². The van der Waals surface area contributed by atoms with Gasteiger partial charge in [-0.2, -0.15) is 0 Å². The molecule has 2 fully saturated rings. The van der Waals surface area contributed by atoms with E-state index in [2.05, 4.69) is 5.32 Å². The zero-order valence-corrected chi connectivity index (χ0v) is 15.9. The van der Waals surface area contributed by atoms with Gasteiger partial charge in [0.05, 0.1) is 12.1 Å². The van der Waals surface area contributed by atoms with Gasteiger partial charge < -0.3 is 25.4 Å². The van der Waals surface area contributed by atoms with E-state index in [0.717, 1.165) is 18.6 Å². The van der Waals surface area contributed by atoms with Crippen molar-refractivity contribution in [2.24, 2.45) is 5.73 Å². The van der Waals surface area contributed by atoms with E-state index in [9.17, 15) is 9.59 Å². The van der Waals surface area contributed by atoms with E-state index in [1.165, 1.54) is 0 Å². The lowest BCUT2D eigenvalue weighted by Gasteiger charge is -2.36. The van der Waals surface area contributed by atoms with Crippen molar-refractivity contribution in [2.45, 2.75) is 44.2 Å². The first-order chi connectivity index (χ1) is 13.0. The molecule has 3 rings (SSSR count). The van der Waals surface area contributed by atoms with Crippen LogP contribution in [0.1, 0.15) is 43.0 Å². The summed E-state index contributed by atoms with van der Waals surface area (Å²) in [7, 11) is 0. The van der Waals surface area contributed by atoms with Crippen LogP contribution in [0.4, 0.5) is 0 Å². The molecule has 0 atom stereocenters. The van der Waals surface area contributed by atoms with E-state index in [4.69, 9.17) is 15.2 Å². The summed E-state index contributed by atoms with van der Waals surface area (Å²) >= 11 is 0. The Hall–Kier alpha value is -2.12. The van der Waals surface area contributed by atoms with Gasteiger partial charge in [-0.1, -0.05) is 0 Å². The first kappa shape index (κ1) is 19.6. The van der Waals surface area contributed by atoms with Gasteiger partial charge in [0, 0.05) is 37.9 Å². The van der Waals surface area contributed by atoms with Crippen LogP contribution in [-0.4, -0.2) is 61.2 Å². The molecule has 0 bridgehead atoms. The van der Waals surface area contributed by atoms with Crippen LogP contribution in [0.15, 0.2) is 24.3 Å². The Bertz CT molecular complexity index is 648. The topological polar surface area (TPSA) is 93.9 Å². The summed E-state index contributed by atoms with van der Waals surface area (Å²) in [6.07, 6.45) is 2.57. The molecule has 3 N–H and O–H groups in total. The van der Waals surface area contributed by atoms with Crippen molar-refractivity contribution in [1.29, 1.82) is 0 Å². The molecule has 0 aliphatic carbocycles. The zero-order valence-electron chi connectivity index (χ0n) is 15.9. The third kappa shape index (κ3) is 4.78. The van der Waals surface area contributed by atoms with Gasteiger partial charge in [-0.15, -0.1) is 0 Å². The van der Waals surface area contributed by atoms with E-state index in [-0.39, 0.29) is 17.9 Å². The van der Waals surface area contributed by atoms with Crippen molar-refractivity contribution in [3.63, 3.8) is 0 Å².